The van der Waals surface area contributed by atoms with Crippen molar-refractivity contribution in [2.45, 2.75) is 12.8 Å². The van der Waals surface area contributed by atoms with Gasteiger partial charge in [0.05, 0.1) is 5.69 Å². The highest BCUT2D eigenvalue weighted by molar-refractivity contribution is 5.59. The summed E-state index contributed by atoms with van der Waals surface area (Å²) in [6, 6.07) is 10.9. The molecule has 0 radical (unpaired) electrons. The molecule has 1 aliphatic heterocycles. The van der Waals surface area contributed by atoms with Gasteiger partial charge in [-0.25, -0.2) is 0 Å². The van der Waals surface area contributed by atoms with Crippen LogP contribution in [0.15, 0.2) is 36.5 Å². The summed E-state index contributed by atoms with van der Waals surface area (Å²) in [4.78, 5) is 5.00. The van der Waals surface area contributed by atoms with E-state index in [-0.39, 0.29) is 0 Å². The average Bonchev–Trinajstić information content (AvgIpc) is 2.96. The van der Waals surface area contributed by atoms with Crippen molar-refractivity contribution in [2.24, 2.45) is 7.05 Å². The molecule has 4 nitrogen and oxygen atoms in total. The van der Waals surface area contributed by atoms with Crippen molar-refractivity contribution in [3.05, 3.63) is 42.1 Å². The molecule has 0 saturated carbocycles. The van der Waals surface area contributed by atoms with Gasteiger partial charge in [0.25, 0.3) is 0 Å². The lowest BCUT2D eigenvalue weighted by atomic mass is 10.0. The van der Waals surface area contributed by atoms with Crippen LogP contribution in [0.4, 0.5) is 0 Å². The normalized spacial score (nSPS) is 17.0. The first kappa shape index (κ1) is 15.3. The molecule has 0 amide bonds. The van der Waals surface area contributed by atoms with Crippen LogP contribution in [0.1, 0.15) is 12.0 Å². The van der Waals surface area contributed by atoms with E-state index in [4.69, 9.17) is 0 Å². The van der Waals surface area contributed by atoms with Crippen molar-refractivity contribution in [3.8, 4) is 11.3 Å². The van der Waals surface area contributed by atoms with Gasteiger partial charge in [0.15, 0.2) is 0 Å². The molecule has 0 N–H and O–H groups in total. The molecule has 4 heteroatoms. The number of piperazine rings is 1. The summed E-state index contributed by atoms with van der Waals surface area (Å²) in [6.07, 6.45) is 4.37. The Bertz CT molecular complexity index is 597. The minimum Gasteiger partial charge on any atom is -0.304 e. The fraction of sp³-hybridized carbons (Fsp3) is 0.500. The second-order valence-electron chi connectivity index (χ2n) is 6.32. The van der Waals surface area contributed by atoms with Gasteiger partial charge in [-0.2, -0.15) is 5.10 Å². The summed E-state index contributed by atoms with van der Waals surface area (Å²) in [5.41, 5.74) is 3.69. The zero-order valence-electron chi connectivity index (χ0n) is 13.7. The second-order valence-corrected chi connectivity index (χ2v) is 6.32. The van der Waals surface area contributed by atoms with Gasteiger partial charge < -0.3 is 9.80 Å². The maximum atomic E-state index is 4.49. The Balaban J connectivity index is 1.52. The molecule has 1 aliphatic rings. The predicted molar refractivity (Wildman–Crippen MR) is 90.9 cm³/mol. The topological polar surface area (TPSA) is 24.3 Å². The Morgan fingerprint density at radius 1 is 1.05 bits per heavy atom. The zero-order valence-corrected chi connectivity index (χ0v) is 13.7. The Morgan fingerprint density at radius 3 is 2.59 bits per heavy atom. The lowest BCUT2D eigenvalue weighted by Crippen LogP contribution is -2.44. The zero-order chi connectivity index (χ0) is 15.4. The van der Waals surface area contributed by atoms with Crippen LogP contribution < -0.4 is 0 Å². The van der Waals surface area contributed by atoms with Crippen LogP contribution in [0, 0.1) is 0 Å². The lowest BCUT2D eigenvalue weighted by molar-refractivity contribution is 0.153. The third-order valence-electron chi connectivity index (χ3n) is 4.47. The van der Waals surface area contributed by atoms with Crippen LogP contribution >= 0.6 is 0 Å². The van der Waals surface area contributed by atoms with E-state index in [2.05, 4.69) is 52.3 Å². The van der Waals surface area contributed by atoms with Crippen molar-refractivity contribution >= 4 is 0 Å². The highest BCUT2D eigenvalue weighted by atomic mass is 15.2. The van der Waals surface area contributed by atoms with Crippen LogP contribution in [0.5, 0.6) is 0 Å². The summed E-state index contributed by atoms with van der Waals surface area (Å²) >= 11 is 0. The van der Waals surface area contributed by atoms with Gasteiger partial charge in [0.2, 0.25) is 0 Å². The molecule has 0 spiro atoms. The number of rotatable bonds is 5. The molecule has 0 unspecified atom stereocenters. The Hall–Kier alpha value is -1.65. The van der Waals surface area contributed by atoms with E-state index < -0.39 is 0 Å². The third-order valence-corrected chi connectivity index (χ3v) is 4.47. The molecule has 1 aromatic carbocycles. The van der Waals surface area contributed by atoms with Gasteiger partial charge in [-0.15, -0.1) is 0 Å². The highest BCUT2D eigenvalue weighted by Gasteiger charge is 2.12. The first-order valence-corrected chi connectivity index (χ1v) is 8.20. The number of nitrogens with zero attached hydrogens (tertiary/aromatic N) is 4. The van der Waals surface area contributed by atoms with E-state index >= 15 is 0 Å². The fourth-order valence-electron chi connectivity index (χ4n) is 3.03. The molecule has 22 heavy (non-hydrogen) atoms. The second kappa shape index (κ2) is 7.07. The van der Waals surface area contributed by atoms with Crippen molar-refractivity contribution in [3.63, 3.8) is 0 Å². The van der Waals surface area contributed by atoms with E-state index in [0.717, 1.165) is 12.1 Å². The Kier molecular flexibility index (Phi) is 4.90. The predicted octanol–water partition coefficient (Wildman–Crippen LogP) is 2.27. The van der Waals surface area contributed by atoms with Crippen molar-refractivity contribution in [1.82, 2.24) is 19.6 Å². The summed E-state index contributed by atoms with van der Waals surface area (Å²) in [7, 11) is 4.17. The molecule has 118 valence electrons. The van der Waals surface area contributed by atoms with E-state index in [1.54, 1.807) is 0 Å². The van der Waals surface area contributed by atoms with Gasteiger partial charge in [0, 0.05) is 45.0 Å². The van der Waals surface area contributed by atoms with E-state index in [9.17, 15) is 0 Å². The summed E-state index contributed by atoms with van der Waals surface area (Å²) in [5, 5.41) is 4.49. The quantitative estimate of drug-likeness (QED) is 0.846. The molecule has 3 rings (SSSR count). The van der Waals surface area contributed by atoms with Gasteiger partial charge in [0.1, 0.15) is 0 Å². The first-order valence-electron chi connectivity index (χ1n) is 8.20. The molecular weight excluding hydrogens is 272 g/mol. The molecule has 2 aromatic rings. The Labute approximate surface area is 133 Å². The van der Waals surface area contributed by atoms with Crippen LogP contribution in [-0.2, 0) is 13.5 Å². The number of benzene rings is 1. The Morgan fingerprint density at radius 2 is 1.86 bits per heavy atom. The van der Waals surface area contributed by atoms with Gasteiger partial charge >= 0.3 is 0 Å². The molecule has 1 aromatic heterocycles. The number of hydrogen-bond donors (Lipinski definition) is 0. The smallest absolute Gasteiger partial charge is 0.0923 e. The maximum Gasteiger partial charge on any atom is 0.0923 e. The third kappa shape index (κ3) is 3.96. The highest BCUT2D eigenvalue weighted by Crippen LogP contribution is 2.19. The largest absolute Gasteiger partial charge is 0.304 e. The molecular formula is C18H26N4. The summed E-state index contributed by atoms with van der Waals surface area (Å²) in [5.74, 6) is 0. The van der Waals surface area contributed by atoms with Crippen LogP contribution in [0.2, 0.25) is 0 Å². The standard InChI is InChI=1S/C18H26N4/c1-20-11-13-22(14-12-20)9-4-6-16-5-3-7-17(15-16)18-8-10-21(2)19-18/h3,5,7-8,10,15H,4,6,9,11-14H2,1-2H3. The minimum atomic E-state index is 1.06. The van der Waals surface area contributed by atoms with Crippen LogP contribution in [0.3, 0.4) is 0 Å². The average molecular weight is 298 g/mol. The fourth-order valence-corrected chi connectivity index (χ4v) is 3.03. The van der Waals surface area contributed by atoms with Gasteiger partial charge in [-0.05, 0) is 44.1 Å². The van der Waals surface area contributed by atoms with E-state index in [1.165, 1.54) is 50.3 Å². The maximum absolute atomic E-state index is 4.49. The van der Waals surface area contributed by atoms with Crippen LogP contribution in [0.25, 0.3) is 11.3 Å². The molecule has 2 heterocycles. The van der Waals surface area contributed by atoms with Crippen molar-refractivity contribution in [1.29, 1.82) is 0 Å². The van der Waals surface area contributed by atoms with E-state index in [0.29, 0.717) is 0 Å². The number of hydrogen-bond acceptors (Lipinski definition) is 3. The van der Waals surface area contributed by atoms with Crippen molar-refractivity contribution in [2.75, 3.05) is 39.8 Å². The molecule has 0 bridgehead atoms. The van der Waals surface area contributed by atoms with Crippen LogP contribution in [-0.4, -0.2) is 59.4 Å². The lowest BCUT2D eigenvalue weighted by Gasteiger charge is -2.32. The monoisotopic (exact) mass is 298 g/mol. The molecule has 1 saturated heterocycles. The number of aryl methyl sites for hydroxylation is 2. The SMILES string of the molecule is CN1CCN(CCCc2cccc(-c3ccn(C)n3)c2)CC1. The minimum absolute atomic E-state index is 1.06. The van der Waals surface area contributed by atoms with E-state index in [1.807, 2.05) is 17.9 Å². The van der Waals surface area contributed by atoms with Gasteiger partial charge in [-0.1, -0.05) is 18.2 Å². The molecule has 1 fully saturated rings. The number of aromatic nitrogens is 2. The van der Waals surface area contributed by atoms with Crippen molar-refractivity contribution < 1.29 is 0 Å². The number of likely N-dealkylation sites (N-methyl/N-ethyl adjacent to an activating group) is 1. The van der Waals surface area contributed by atoms with Gasteiger partial charge in [-0.3, -0.25) is 4.68 Å². The molecule has 0 aliphatic carbocycles. The first-order chi connectivity index (χ1) is 10.7. The molecule has 0 atom stereocenters. The summed E-state index contributed by atoms with van der Waals surface area (Å²) in [6.45, 7) is 6.04. The summed E-state index contributed by atoms with van der Waals surface area (Å²) < 4.78 is 1.86.